The van der Waals surface area contributed by atoms with E-state index in [-0.39, 0.29) is 46.8 Å². The molecule has 0 radical (unpaired) electrons. The molecule has 0 aliphatic heterocycles. The second-order valence-electron chi connectivity index (χ2n) is 9.28. The maximum Gasteiger partial charge on any atom is 0.192 e. The van der Waals surface area contributed by atoms with Gasteiger partial charge in [-0.1, -0.05) is 13.0 Å². The highest BCUT2D eigenvalue weighted by Gasteiger charge is 2.74. The number of allylic oxidation sites excluding steroid dienone is 4. The number of hydrogen-bond donors (Lipinski definition) is 2. The molecule has 8 heteroatoms. The first-order valence-electron chi connectivity index (χ1n) is 9.74. The van der Waals surface area contributed by atoms with Crippen LogP contribution in [0, 0.1) is 22.7 Å². The molecule has 0 aromatic rings. The van der Waals surface area contributed by atoms with E-state index in [4.69, 9.17) is 11.6 Å². The Bertz CT molecular complexity index is 902. The number of rotatable bonds is 2. The van der Waals surface area contributed by atoms with Crippen molar-refractivity contribution in [2.75, 3.05) is 6.61 Å². The van der Waals surface area contributed by atoms with Crippen molar-refractivity contribution in [3.8, 4) is 0 Å². The van der Waals surface area contributed by atoms with Gasteiger partial charge in [-0.25, -0.2) is 4.39 Å². The minimum Gasteiger partial charge on any atom is -0.388 e. The van der Waals surface area contributed by atoms with E-state index in [9.17, 15) is 24.6 Å². The van der Waals surface area contributed by atoms with E-state index < -0.39 is 45.8 Å². The molecule has 4 aliphatic rings. The Labute approximate surface area is 181 Å². The molecule has 2 N–H and O–H groups in total. The maximum atomic E-state index is 15.3. The average Bonchev–Trinajstić information content (AvgIpc) is 2.91. The van der Waals surface area contributed by atoms with Crippen LogP contribution in [0.1, 0.15) is 39.5 Å². The van der Waals surface area contributed by atoms with E-state index in [2.05, 4.69) is 15.9 Å². The van der Waals surface area contributed by atoms with Crippen molar-refractivity contribution in [1.82, 2.24) is 0 Å². The highest BCUT2D eigenvalue weighted by molar-refractivity contribution is 9.12. The van der Waals surface area contributed by atoms with E-state index >= 15 is 4.39 Å². The zero-order valence-corrected chi connectivity index (χ0v) is 18.5. The van der Waals surface area contributed by atoms with Crippen LogP contribution < -0.4 is 0 Å². The Balaban J connectivity index is 1.87. The van der Waals surface area contributed by atoms with Crippen LogP contribution in [-0.2, 0) is 14.4 Å². The van der Waals surface area contributed by atoms with Crippen LogP contribution in [0.5, 0.6) is 0 Å². The highest BCUT2D eigenvalue weighted by atomic mass is 79.9. The van der Waals surface area contributed by atoms with Gasteiger partial charge in [-0.3, -0.25) is 14.4 Å². The zero-order chi connectivity index (χ0) is 21.6. The van der Waals surface area contributed by atoms with Gasteiger partial charge in [0.1, 0.15) is 23.3 Å². The molecule has 4 rings (SSSR count). The molecule has 3 saturated carbocycles. The van der Waals surface area contributed by atoms with Crippen molar-refractivity contribution >= 4 is 44.9 Å². The third-order valence-corrected chi connectivity index (χ3v) is 9.71. The standard InChI is InChI=1S/C21H23BrClFO5/c1-18-8-16(27)21(23)11(10(18)3-4-20(18,29)17(28)9-25)5-14(24)12-6-15(26)13(22)7-19(12,21)2/h6-7,10-11,14,25,29H,3-5,8-9H2,1-2H3/t10-,11-,14?,18-,19-,20-,21-/m0/s1. The van der Waals surface area contributed by atoms with Crippen molar-refractivity contribution in [3.05, 3.63) is 22.2 Å². The first-order valence-corrected chi connectivity index (χ1v) is 10.9. The number of aliphatic hydroxyl groups excluding tert-OH is 1. The van der Waals surface area contributed by atoms with Gasteiger partial charge in [0, 0.05) is 17.3 Å². The van der Waals surface area contributed by atoms with E-state index in [1.807, 2.05) is 0 Å². The smallest absolute Gasteiger partial charge is 0.192 e. The largest absolute Gasteiger partial charge is 0.388 e. The van der Waals surface area contributed by atoms with Gasteiger partial charge in [-0.05, 0) is 65.6 Å². The first kappa shape index (κ1) is 21.3. The minimum absolute atomic E-state index is 0.0565. The molecule has 0 saturated heterocycles. The Kier molecular flexibility index (Phi) is 4.65. The molecule has 0 bridgehead atoms. The van der Waals surface area contributed by atoms with Crippen LogP contribution in [0.25, 0.3) is 0 Å². The molecule has 0 aromatic heterocycles. The summed E-state index contributed by atoms with van der Waals surface area (Å²) in [5, 5.41) is 20.5. The third-order valence-electron chi connectivity index (χ3n) is 8.21. The third kappa shape index (κ3) is 2.36. The topological polar surface area (TPSA) is 91.7 Å². The van der Waals surface area contributed by atoms with Gasteiger partial charge in [-0.2, -0.15) is 0 Å². The first-order chi connectivity index (χ1) is 13.4. The summed E-state index contributed by atoms with van der Waals surface area (Å²) in [6.07, 6.45) is 1.59. The predicted octanol–water partition coefficient (Wildman–Crippen LogP) is 2.80. The number of carbonyl (C=O) groups is 3. The van der Waals surface area contributed by atoms with Gasteiger partial charge >= 0.3 is 0 Å². The predicted molar refractivity (Wildman–Crippen MR) is 107 cm³/mol. The van der Waals surface area contributed by atoms with Crippen LogP contribution >= 0.6 is 27.5 Å². The molecule has 5 nitrogen and oxygen atoms in total. The van der Waals surface area contributed by atoms with E-state index in [1.54, 1.807) is 13.8 Å². The lowest BCUT2D eigenvalue weighted by Crippen LogP contribution is -2.68. The van der Waals surface area contributed by atoms with Crippen molar-refractivity contribution < 1.29 is 29.0 Å². The molecule has 158 valence electrons. The molecule has 0 amide bonds. The monoisotopic (exact) mass is 488 g/mol. The Morgan fingerprint density at radius 3 is 2.62 bits per heavy atom. The van der Waals surface area contributed by atoms with Crippen LogP contribution in [0.2, 0.25) is 0 Å². The molecule has 0 spiro atoms. The maximum absolute atomic E-state index is 15.3. The van der Waals surface area contributed by atoms with Crippen molar-refractivity contribution in [2.24, 2.45) is 22.7 Å². The van der Waals surface area contributed by atoms with Crippen LogP contribution in [0.15, 0.2) is 22.2 Å². The quantitative estimate of drug-likeness (QED) is 0.582. The summed E-state index contributed by atoms with van der Waals surface area (Å²) in [5.74, 6) is -2.46. The number of halogens is 3. The van der Waals surface area contributed by atoms with Crippen molar-refractivity contribution in [3.63, 3.8) is 0 Å². The van der Waals surface area contributed by atoms with Crippen molar-refractivity contribution in [1.29, 1.82) is 0 Å². The fraction of sp³-hybridized carbons (Fsp3) is 0.667. The number of Topliss-reactive ketones (excluding diaryl/α,β-unsaturated/α-hetero) is 2. The summed E-state index contributed by atoms with van der Waals surface area (Å²) in [4.78, 5) is 36.6. The number of carbonyl (C=O) groups excluding carboxylic acids is 3. The number of aliphatic hydroxyl groups is 2. The Hall–Kier alpha value is -0.890. The summed E-state index contributed by atoms with van der Waals surface area (Å²) >= 11 is 10.3. The molecule has 0 heterocycles. The second kappa shape index (κ2) is 6.31. The lowest BCUT2D eigenvalue weighted by atomic mass is 9.46. The summed E-state index contributed by atoms with van der Waals surface area (Å²) in [6.45, 7) is 2.53. The fourth-order valence-electron chi connectivity index (χ4n) is 6.58. The Morgan fingerprint density at radius 2 is 2.00 bits per heavy atom. The molecular formula is C21H23BrClFO5. The van der Waals surface area contributed by atoms with E-state index in [1.165, 1.54) is 12.2 Å². The van der Waals surface area contributed by atoms with Gasteiger partial charge in [0.15, 0.2) is 17.3 Å². The Morgan fingerprint density at radius 1 is 1.34 bits per heavy atom. The second-order valence-corrected chi connectivity index (χ2v) is 10.7. The minimum atomic E-state index is -1.85. The number of alkyl halides is 2. The summed E-state index contributed by atoms with van der Waals surface area (Å²) in [6, 6.07) is 0. The van der Waals surface area contributed by atoms with E-state index in [0.717, 1.165) is 0 Å². The molecule has 29 heavy (non-hydrogen) atoms. The zero-order valence-electron chi connectivity index (χ0n) is 16.2. The van der Waals surface area contributed by atoms with Gasteiger partial charge in [-0.15, -0.1) is 11.6 Å². The van der Waals surface area contributed by atoms with Gasteiger partial charge < -0.3 is 10.2 Å². The van der Waals surface area contributed by atoms with Crippen molar-refractivity contribution in [2.45, 2.75) is 56.2 Å². The molecule has 0 aromatic carbocycles. The molecular weight excluding hydrogens is 467 g/mol. The van der Waals surface area contributed by atoms with Crippen LogP contribution in [0.3, 0.4) is 0 Å². The number of fused-ring (bicyclic) bond motifs is 5. The molecule has 7 atom stereocenters. The fourth-order valence-corrected chi connectivity index (χ4v) is 7.63. The molecule has 4 aliphatic carbocycles. The van der Waals surface area contributed by atoms with Crippen LogP contribution in [0.4, 0.5) is 4.39 Å². The SMILES string of the molecule is C[C@]12C=C(Br)C(=O)C=C1C(F)C[C@H]1[C@@H]3CC[C@](O)(C(=O)CO)[C@@]3(C)CC(=O)[C@@]12Cl. The van der Waals surface area contributed by atoms with Crippen LogP contribution in [-0.4, -0.2) is 50.8 Å². The summed E-state index contributed by atoms with van der Waals surface area (Å²) in [5.41, 5.74) is -3.98. The summed E-state index contributed by atoms with van der Waals surface area (Å²) in [7, 11) is 0. The number of ketones is 3. The lowest BCUT2D eigenvalue weighted by Gasteiger charge is -2.61. The summed E-state index contributed by atoms with van der Waals surface area (Å²) < 4.78 is 15.6. The number of hydrogen-bond acceptors (Lipinski definition) is 5. The molecule has 3 fully saturated rings. The normalized spacial score (nSPS) is 49.0. The van der Waals surface area contributed by atoms with Gasteiger partial charge in [0.05, 0.1) is 4.48 Å². The molecule has 1 unspecified atom stereocenters. The highest BCUT2D eigenvalue weighted by Crippen LogP contribution is 2.69. The van der Waals surface area contributed by atoms with E-state index in [0.29, 0.717) is 6.42 Å². The average molecular weight is 490 g/mol. The lowest BCUT2D eigenvalue weighted by molar-refractivity contribution is -0.167. The van der Waals surface area contributed by atoms with Gasteiger partial charge in [0.25, 0.3) is 0 Å². The van der Waals surface area contributed by atoms with Gasteiger partial charge in [0.2, 0.25) is 0 Å².